The van der Waals surface area contributed by atoms with Crippen LogP contribution < -0.4 is 14.2 Å². The summed E-state index contributed by atoms with van der Waals surface area (Å²) in [5.74, 6) is 2.16. The average molecular weight is 413 g/mol. The van der Waals surface area contributed by atoms with E-state index in [-0.39, 0.29) is 5.78 Å². The van der Waals surface area contributed by atoms with Crippen molar-refractivity contribution in [3.8, 4) is 39.6 Å². The molecule has 0 aliphatic rings. The maximum atomic E-state index is 13.4. The van der Waals surface area contributed by atoms with E-state index in [4.69, 9.17) is 14.2 Å². The smallest absolute Gasteiger partial charge is 0.209 e. The lowest BCUT2D eigenvalue weighted by Gasteiger charge is -2.06. The molecule has 0 fully saturated rings. The Balaban J connectivity index is 1.80. The quantitative estimate of drug-likeness (QED) is 0.400. The second-order valence-corrected chi connectivity index (χ2v) is 6.99. The summed E-state index contributed by atoms with van der Waals surface area (Å²) in [5.41, 5.74) is 4.68. The molecule has 1 N–H and O–H groups in total. The first-order chi connectivity index (χ1) is 15.1. The van der Waals surface area contributed by atoms with Gasteiger partial charge in [-0.25, -0.2) is 0 Å². The number of hydrogen-bond donors (Lipinski definition) is 1. The van der Waals surface area contributed by atoms with E-state index < -0.39 is 0 Å². The Labute approximate surface area is 181 Å². The molecule has 0 atom stereocenters. The highest BCUT2D eigenvalue weighted by molar-refractivity contribution is 6.12. The molecule has 0 bridgehead atoms. The van der Waals surface area contributed by atoms with Gasteiger partial charge in [-0.3, -0.25) is 4.79 Å². The minimum absolute atomic E-state index is 0.0896. The first-order valence-electron chi connectivity index (χ1n) is 9.83. The molecule has 0 aliphatic heterocycles. The van der Waals surface area contributed by atoms with Crippen molar-refractivity contribution in [1.82, 2.24) is 4.98 Å². The highest BCUT2D eigenvalue weighted by Crippen LogP contribution is 2.33. The number of H-pyrrole nitrogens is 1. The van der Waals surface area contributed by atoms with Gasteiger partial charge in [0, 0.05) is 16.8 Å². The predicted molar refractivity (Wildman–Crippen MR) is 121 cm³/mol. The number of aromatic nitrogens is 1. The van der Waals surface area contributed by atoms with Crippen LogP contribution in [0.25, 0.3) is 22.4 Å². The second kappa shape index (κ2) is 8.79. The lowest BCUT2D eigenvalue weighted by molar-refractivity contribution is 0.103. The van der Waals surface area contributed by atoms with Gasteiger partial charge in [-0.15, -0.1) is 0 Å². The monoisotopic (exact) mass is 413 g/mol. The lowest BCUT2D eigenvalue weighted by atomic mass is 10.00. The molecule has 0 spiro atoms. The number of ketones is 1. The molecule has 0 radical (unpaired) electrons. The summed E-state index contributed by atoms with van der Waals surface area (Å²) in [7, 11) is 4.87. The van der Waals surface area contributed by atoms with E-state index in [1.165, 1.54) is 0 Å². The predicted octanol–water partition coefficient (Wildman–Crippen LogP) is 5.61. The number of benzene rings is 3. The van der Waals surface area contributed by atoms with E-state index in [0.717, 1.165) is 33.9 Å². The van der Waals surface area contributed by atoms with Gasteiger partial charge in [0.05, 0.1) is 27.0 Å². The minimum Gasteiger partial charge on any atom is -0.497 e. The topological polar surface area (TPSA) is 60.6 Å². The Bertz CT molecular complexity index is 1170. The van der Waals surface area contributed by atoms with Gasteiger partial charge in [0.1, 0.15) is 17.2 Å². The number of hydrogen-bond acceptors (Lipinski definition) is 4. The van der Waals surface area contributed by atoms with Crippen LogP contribution in [-0.4, -0.2) is 32.1 Å². The van der Waals surface area contributed by atoms with Gasteiger partial charge >= 0.3 is 0 Å². The summed E-state index contributed by atoms with van der Waals surface area (Å²) in [6.45, 7) is 0. The number of aromatic amines is 1. The fourth-order valence-corrected chi connectivity index (χ4v) is 3.44. The van der Waals surface area contributed by atoms with E-state index in [2.05, 4.69) is 4.98 Å². The molecular weight excluding hydrogens is 390 g/mol. The van der Waals surface area contributed by atoms with E-state index in [1.54, 1.807) is 45.6 Å². The van der Waals surface area contributed by atoms with Crippen LogP contribution in [-0.2, 0) is 0 Å². The summed E-state index contributed by atoms with van der Waals surface area (Å²) in [5, 5.41) is 0. The van der Waals surface area contributed by atoms with Crippen LogP contribution in [0.4, 0.5) is 0 Å². The maximum absolute atomic E-state index is 13.4. The second-order valence-electron chi connectivity index (χ2n) is 6.99. The Morgan fingerprint density at radius 3 is 1.58 bits per heavy atom. The Morgan fingerprint density at radius 2 is 1.10 bits per heavy atom. The third-order valence-corrected chi connectivity index (χ3v) is 5.20. The molecule has 3 aromatic carbocycles. The molecule has 31 heavy (non-hydrogen) atoms. The SMILES string of the molecule is COc1ccc(C(=O)c2[nH]c(-c3ccc(OC)cc3)cc2-c2ccc(OC)cc2)cc1. The molecule has 0 unspecified atom stereocenters. The molecule has 0 saturated carbocycles. The molecule has 0 aliphatic carbocycles. The van der Waals surface area contributed by atoms with Gasteiger partial charge in [0.25, 0.3) is 0 Å². The zero-order chi connectivity index (χ0) is 21.8. The Kier molecular flexibility index (Phi) is 5.76. The molecule has 4 aromatic rings. The number of methoxy groups -OCH3 is 3. The molecule has 156 valence electrons. The molecule has 1 heterocycles. The Morgan fingerprint density at radius 1 is 0.645 bits per heavy atom. The highest BCUT2D eigenvalue weighted by Gasteiger charge is 2.19. The van der Waals surface area contributed by atoms with E-state index in [1.807, 2.05) is 54.6 Å². The minimum atomic E-state index is -0.0896. The van der Waals surface area contributed by atoms with Crippen molar-refractivity contribution in [1.29, 1.82) is 0 Å². The number of carbonyl (C=O) groups is 1. The van der Waals surface area contributed by atoms with Gasteiger partial charge in [-0.2, -0.15) is 0 Å². The van der Waals surface area contributed by atoms with E-state index >= 15 is 0 Å². The van der Waals surface area contributed by atoms with Crippen LogP contribution >= 0.6 is 0 Å². The highest BCUT2D eigenvalue weighted by atomic mass is 16.5. The van der Waals surface area contributed by atoms with Crippen molar-refractivity contribution in [2.45, 2.75) is 0 Å². The number of rotatable bonds is 7. The van der Waals surface area contributed by atoms with Gasteiger partial charge in [-0.05, 0) is 77.9 Å². The van der Waals surface area contributed by atoms with Gasteiger partial charge in [0.2, 0.25) is 5.78 Å². The van der Waals surface area contributed by atoms with Crippen molar-refractivity contribution in [3.05, 3.63) is 90.1 Å². The van der Waals surface area contributed by atoms with Crippen molar-refractivity contribution in [2.75, 3.05) is 21.3 Å². The standard InChI is InChI=1S/C26H23NO4/c1-29-20-10-4-17(5-11-20)23-16-24(18-6-12-21(30-2)13-7-18)27-25(23)26(28)19-8-14-22(31-3)15-9-19/h4-16,27H,1-3H3. The van der Waals surface area contributed by atoms with Gasteiger partial charge < -0.3 is 19.2 Å². The largest absolute Gasteiger partial charge is 0.497 e. The first-order valence-corrected chi connectivity index (χ1v) is 9.83. The normalized spacial score (nSPS) is 10.5. The fraction of sp³-hybridized carbons (Fsp3) is 0.115. The van der Waals surface area contributed by atoms with Gasteiger partial charge in [0.15, 0.2) is 0 Å². The zero-order valence-corrected chi connectivity index (χ0v) is 17.6. The summed E-state index contributed by atoms with van der Waals surface area (Å²) in [4.78, 5) is 16.7. The van der Waals surface area contributed by atoms with Crippen LogP contribution in [0.1, 0.15) is 16.1 Å². The van der Waals surface area contributed by atoms with Crippen LogP contribution in [0.5, 0.6) is 17.2 Å². The van der Waals surface area contributed by atoms with Crippen molar-refractivity contribution >= 4 is 5.78 Å². The molecule has 0 amide bonds. The molecule has 1 aromatic heterocycles. The maximum Gasteiger partial charge on any atom is 0.209 e. The average Bonchev–Trinajstić information content (AvgIpc) is 3.29. The molecule has 5 nitrogen and oxygen atoms in total. The van der Waals surface area contributed by atoms with Crippen LogP contribution in [0.2, 0.25) is 0 Å². The fourth-order valence-electron chi connectivity index (χ4n) is 3.44. The van der Waals surface area contributed by atoms with Crippen molar-refractivity contribution < 1.29 is 19.0 Å². The lowest BCUT2D eigenvalue weighted by Crippen LogP contribution is -2.03. The molecule has 4 rings (SSSR count). The van der Waals surface area contributed by atoms with Crippen LogP contribution in [0.15, 0.2) is 78.9 Å². The van der Waals surface area contributed by atoms with E-state index in [9.17, 15) is 4.79 Å². The summed E-state index contributed by atoms with van der Waals surface area (Å²) in [6.07, 6.45) is 0. The van der Waals surface area contributed by atoms with Crippen LogP contribution in [0.3, 0.4) is 0 Å². The van der Waals surface area contributed by atoms with E-state index in [0.29, 0.717) is 17.0 Å². The van der Waals surface area contributed by atoms with Crippen molar-refractivity contribution in [3.63, 3.8) is 0 Å². The molecule has 0 saturated heterocycles. The molecule has 5 heteroatoms. The summed E-state index contributed by atoms with van der Waals surface area (Å²) in [6, 6.07) is 24.5. The number of nitrogens with one attached hydrogen (secondary N) is 1. The first kappa shape index (κ1) is 20.3. The number of ether oxygens (including phenoxy) is 3. The summed E-state index contributed by atoms with van der Waals surface area (Å²) >= 11 is 0. The Hall–Kier alpha value is -3.99. The third-order valence-electron chi connectivity index (χ3n) is 5.20. The summed E-state index contributed by atoms with van der Waals surface area (Å²) < 4.78 is 15.7. The third kappa shape index (κ3) is 4.16. The van der Waals surface area contributed by atoms with Crippen LogP contribution in [0, 0.1) is 0 Å². The van der Waals surface area contributed by atoms with Crippen molar-refractivity contribution in [2.24, 2.45) is 0 Å². The zero-order valence-electron chi connectivity index (χ0n) is 17.6. The van der Waals surface area contributed by atoms with Gasteiger partial charge in [-0.1, -0.05) is 12.1 Å². The number of carbonyl (C=O) groups excluding carboxylic acids is 1. The molecular formula is C26H23NO4.